The third-order valence-electron chi connectivity index (χ3n) is 3.91. The van der Waals surface area contributed by atoms with Crippen molar-refractivity contribution in [2.45, 2.75) is 44.9 Å². The first-order valence-electron chi connectivity index (χ1n) is 7.24. The number of carbonyl (C=O) groups is 1. The average molecular weight is 324 g/mol. The summed E-state index contributed by atoms with van der Waals surface area (Å²) < 4.78 is 1.14. The van der Waals surface area contributed by atoms with Crippen molar-refractivity contribution in [3.63, 3.8) is 0 Å². The number of piperidine rings is 1. The zero-order valence-corrected chi connectivity index (χ0v) is 13.2. The Balaban J connectivity index is 1.87. The van der Waals surface area contributed by atoms with Crippen LogP contribution in [0, 0.1) is 0 Å². The van der Waals surface area contributed by atoms with Gasteiger partial charge in [-0.25, -0.2) is 0 Å². The summed E-state index contributed by atoms with van der Waals surface area (Å²) in [7, 11) is 0. The quantitative estimate of drug-likeness (QED) is 0.806. The number of unbranched alkanes of at least 4 members (excludes halogenated alkanes) is 1. The van der Waals surface area contributed by atoms with Gasteiger partial charge in [0.05, 0.1) is 0 Å². The van der Waals surface area contributed by atoms with Crippen molar-refractivity contribution in [2.24, 2.45) is 0 Å². The summed E-state index contributed by atoms with van der Waals surface area (Å²) in [5.74, 6) is 0.947. The van der Waals surface area contributed by atoms with Crippen molar-refractivity contribution in [1.82, 2.24) is 4.90 Å². The van der Waals surface area contributed by atoms with Gasteiger partial charge in [0, 0.05) is 24.0 Å². The molecule has 1 saturated heterocycles. The van der Waals surface area contributed by atoms with E-state index in [2.05, 4.69) is 47.1 Å². The van der Waals surface area contributed by atoms with Crippen molar-refractivity contribution in [1.29, 1.82) is 0 Å². The fraction of sp³-hybridized carbons (Fsp3) is 0.562. The van der Waals surface area contributed by atoms with Crippen LogP contribution in [-0.4, -0.2) is 23.9 Å². The number of hydrogen-bond donors (Lipinski definition) is 0. The standard InChI is InChI=1S/C16H22BrNO/c1-2-3-7-16(19)18-10-8-13(9-11-18)14-5-4-6-15(17)12-14/h4-6,12-13H,2-3,7-11H2,1H3. The molecule has 0 aliphatic carbocycles. The Morgan fingerprint density at radius 3 is 2.74 bits per heavy atom. The van der Waals surface area contributed by atoms with E-state index in [4.69, 9.17) is 0 Å². The highest BCUT2D eigenvalue weighted by Gasteiger charge is 2.23. The summed E-state index contributed by atoms with van der Waals surface area (Å²) in [6.45, 7) is 3.96. The molecule has 19 heavy (non-hydrogen) atoms. The summed E-state index contributed by atoms with van der Waals surface area (Å²) in [5.41, 5.74) is 1.40. The van der Waals surface area contributed by atoms with E-state index in [-0.39, 0.29) is 0 Å². The van der Waals surface area contributed by atoms with Crippen molar-refractivity contribution in [3.05, 3.63) is 34.3 Å². The third-order valence-corrected chi connectivity index (χ3v) is 4.41. The molecule has 0 saturated carbocycles. The van der Waals surface area contributed by atoms with Gasteiger partial charge in [-0.2, -0.15) is 0 Å². The Hall–Kier alpha value is -0.830. The molecular weight excluding hydrogens is 302 g/mol. The Morgan fingerprint density at radius 2 is 2.11 bits per heavy atom. The second kappa shape index (κ2) is 7.09. The molecule has 0 unspecified atom stereocenters. The number of amides is 1. The minimum Gasteiger partial charge on any atom is -0.343 e. The van der Waals surface area contributed by atoms with Crippen LogP contribution in [-0.2, 0) is 4.79 Å². The zero-order valence-electron chi connectivity index (χ0n) is 11.6. The summed E-state index contributed by atoms with van der Waals surface area (Å²) >= 11 is 3.53. The lowest BCUT2D eigenvalue weighted by molar-refractivity contribution is -0.132. The van der Waals surface area contributed by atoms with Crippen LogP contribution < -0.4 is 0 Å². The smallest absolute Gasteiger partial charge is 0.222 e. The Kier molecular flexibility index (Phi) is 5.44. The first-order chi connectivity index (χ1) is 9.20. The minimum absolute atomic E-state index is 0.342. The molecule has 0 N–H and O–H groups in total. The first-order valence-corrected chi connectivity index (χ1v) is 8.03. The normalized spacial score (nSPS) is 16.6. The molecule has 3 heteroatoms. The molecule has 0 spiro atoms. The van der Waals surface area contributed by atoms with Crippen molar-refractivity contribution in [2.75, 3.05) is 13.1 Å². The van der Waals surface area contributed by atoms with Gasteiger partial charge in [0.15, 0.2) is 0 Å². The van der Waals surface area contributed by atoms with Crippen LogP contribution in [0.15, 0.2) is 28.7 Å². The number of likely N-dealkylation sites (tertiary alicyclic amines) is 1. The summed E-state index contributed by atoms with van der Waals surface area (Å²) in [6.07, 6.45) is 5.02. The van der Waals surface area contributed by atoms with Gasteiger partial charge in [0.1, 0.15) is 0 Å². The molecule has 1 aliphatic rings. The van der Waals surface area contributed by atoms with E-state index in [9.17, 15) is 4.79 Å². The average Bonchev–Trinajstić information content (AvgIpc) is 2.45. The van der Waals surface area contributed by atoms with Crippen LogP contribution in [0.4, 0.5) is 0 Å². The van der Waals surface area contributed by atoms with Gasteiger partial charge in [-0.3, -0.25) is 4.79 Å². The van der Waals surface area contributed by atoms with E-state index in [1.54, 1.807) is 0 Å². The molecule has 2 rings (SSSR count). The second-order valence-electron chi connectivity index (χ2n) is 5.31. The van der Waals surface area contributed by atoms with Crippen LogP contribution in [0.1, 0.15) is 50.5 Å². The van der Waals surface area contributed by atoms with E-state index >= 15 is 0 Å². The van der Waals surface area contributed by atoms with Crippen LogP contribution in [0.25, 0.3) is 0 Å². The molecule has 1 aliphatic heterocycles. The number of carbonyl (C=O) groups excluding carboxylic acids is 1. The van der Waals surface area contributed by atoms with Crippen molar-refractivity contribution >= 4 is 21.8 Å². The molecule has 0 bridgehead atoms. The SMILES string of the molecule is CCCCC(=O)N1CCC(c2cccc(Br)c2)CC1. The zero-order chi connectivity index (χ0) is 13.7. The Bertz CT molecular complexity index is 425. The maximum atomic E-state index is 12.0. The van der Waals surface area contributed by atoms with E-state index in [0.29, 0.717) is 11.8 Å². The first kappa shape index (κ1) is 14.6. The van der Waals surface area contributed by atoms with Gasteiger partial charge in [0.2, 0.25) is 5.91 Å². The Labute approximate surface area is 124 Å². The van der Waals surface area contributed by atoms with Gasteiger partial charge in [-0.15, -0.1) is 0 Å². The highest BCUT2D eigenvalue weighted by molar-refractivity contribution is 9.10. The molecule has 2 nitrogen and oxygen atoms in total. The highest BCUT2D eigenvalue weighted by atomic mass is 79.9. The number of rotatable bonds is 4. The monoisotopic (exact) mass is 323 g/mol. The van der Waals surface area contributed by atoms with E-state index in [1.807, 2.05) is 4.90 Å². The van der Waals surface area contributed by atoms with Crippen molar-refractivity contribution < 1.29 is 4.79 Å². The van der Waals surface area contributed by atoms with Gasteiger partial charge in [0.25, 0.3) is 0 Å². The summed E-state index contributed by atoms with van der Waals surface area (Å²) in [4.78, 5) is 14.0. The summed E-state index contributed by atoms with van der Waals surface area (Å²) in [5, 5.41) is 0. The van der Waals surface area contributed by atoms with E-state index < -0.39 is 0 Å². The lowest BCUT2D eigenvalue weighted by Crippen LogP contribution is -2.37. The number of hydrogen-bond acceptors (Lipinski definition) is 1. The maximum Gasteiger partial charge on any atom is 0.222 e. The number of nitrogens with zero attached hydrogens (tertiary/aromatic N) is 1. The van der Waals surface area contributed by atoms with Gasteiger partial charge in [-0.05, 0) is 42.9 Å². The van der Waals surface area contributed by atoms with Gasteiger partial charge >= 0.3 is 0 Å². The van der Waals surface area contributed by atoms with E-state index in [0.717, 1.165) is 49.7 Å². The number of halogens is 1. The Morgan fingerprint density at radius 1 is 1.37 bits per heavy atom. The van der Waals surface area contributed by atoms with E-state index in [1.165, 1.54) is 5.56 Å². The van der Waals surface area contributed by atoms with Crippen LogP contribution in [0.2, 0.25) is 0 Å². The molecule has 1 aromatic carbocycles. The largest absolute Gasteiger partial charge is 0.343 e. The lowest BCUT2D eigenvalue weighted by atomic mass is 9.89. The molecule has 104 valence electrons. The fourth-order valence-corrected chi connectivity index (χ4v) is 3.13. The molecule has 0 radical (unpaired) electrons. The number of benzene rings is 1. The van der Waals surface area contributed by atoms with Crippen molar-refractivity contribution in [3.8, 4) is 0 Å². The fourth-order valence-electron chi connectivity index (χ4n) is 2.71. The van der Waals surface area contributed by atoms with Gasteiger partial charge in [-0.1, -0.05) is 41.4 Å². The minimum atomic E-state index is 0.342. The lowest BCUT2D eigenvalue weighted by Gasteiger charge is -2.32. The van der Waals surface area contributed by atoms with Gasteiger partial charge < -0.3 is 4.90 Å². The predicted octanol–water partition coefficient (Wildman–Crippen LogP) is 4.35. The molecule has 0 atom stereocenters. The highest BCUT2D eigenvalue weighted by Crippen LogP contribution is 2.29. The predicted molar refractivity (Wildman–Crippen MR) is 82.2 cm³/mol. The molecule has 0 aromatic heterocycles. The molecule has 1 heterocycles. The molecule has 1 fully saturated rings. The molecule has 1 aromatic rings. The maximum absolute atomic E-state index is 12.0. The second-order valence-corrected chi connectivity index (χ2v) is 6.23. The van der Waals surface area contributed by atoms with Crippen LogP contribution in [0.3, 0.4) is 0 Å². The molecule has 1 amide bonds. The van der Waals surface area contributed by atoms with Crippen LogP contribution in [0.5, 0.6) is 0 Å². The van der Waals surface area contributed by atoms with Crippen LogP contribution >= 0.6 is 15.9 Å². The summed E-state index contributed by atoms with van der Waals surface area (Å²) in [6, 6.07) is 8.56. The topological polar surface area (TPSA) is 20.3 Å². The molecular formula is C16H22BrNO. The third kappa shape index (κ3) is 4.07.